The number of nitrogens with zero attached hydrogens (tertiary/aromatic N) is 3. The summed E-state index contributed by atoms with van der Waals surface area (Å²) >= 11 is 0. The van der Waals surface area contributed by atoms with Crippen LogP contribution in [0, 0.1) is 5.92 Å². The molecule has 0 spiro atoms. The number of piperazine rings is 1. The maximum absolute atomic E-state index is 13.5. The molecule has 8 heteroatoms. The first-order valence-corrected chi connectivity index (χ1v) is 13.1. The van der Waals surface area contributed by atoms with E-state index in [0.29, 0.717) is 6.54 Å². The van der Waals surface area contributed by atoms with E-state index in [1.165, 1.54) is 11.3 Å². The number of hydrogen-bond donors (Lipinski definition) is 1. The van der Waals surface area contributed by atoms with Gasteiger partial charge in [-0.05, 0) is 55.3 Å². The molecule has 0 aromatic heterocycles. The number of methoxy groups -OCH3 is 2. The van der Waals surface area contributed by atoms with Crippen molar-refractivity contribution in [2.75, 3.05) is 83.0 Å². The van der Waals surface area contributed by atoms with E-state index in [2.05, 4.69) is 44.3 Å². The Bertz CT molecular complexity index is 1020. The molecule has 2 unspecified atom stereocenters. The average molecular weight is 495 g/mol. The fourth-order valence-electron chi connectivity index (χ4n) is 5.70. The van der Waals surface area contributed by atoms with E-state index in [9.17, 15) is 4.79 Å². The minimum Gasteiger partial charge on any atom is -0.497 e. The molecule has 2 fully saturated rings. The number of morpholine rings is 1. The standard InChI is InChI=1S/C28H38N4O4/c1-34-23-8-5-22(6-9-23)31-12-13-32-26-19-24(35-2)7-4-21(26)18-25(27(32)20-31)28(33)29-10-3-11-30-14-16-36-17-15-30/h4-9,19,25,27H,3,10-18,20H2,1-2H3,(H,29,33). The Morgan fingerprint density at radius 2 is 1.75 bits per heavy atom. The van der Waals surface area contributed by atoms with Crippen molar-refractivity contribution in [3.63, 3.8) is 0 Å². The van der Waals surface area contributed by atoms with Gasteiger partial charge < -0.3 is 29.3 Å². The molecule has 0 bridgehead atoms. The number of ether oxygens (including phenoxy) is 3. The van der Waals surface area contributed by atoms with Crippen molar-refractivity contribution in [1.29, 1.82) is 0 Å². The van der Waals surface area contributed by atoms with E-state index >= 15 is 0 Å². The van der Waals surface area contributed by atoms with Crippen LogP contribution >= 0.6 is 0 Å². The second-order valence-corrected chi connectivity index (χ2v) is 9.81. The van der Waals surface area contributed by atoms with Crippen molar-refractivity contribution in [2.45, 2.75) is 18.9 Å². The minimum atomic E-state index is -0.102. The molecule has 0 radical (unpaired) electrons. The third-order valence-corrected chi connectivity index (χ3v) is 7.75. The predicted molar refractivity (Wildman–Crippen MR) is 141 cm³/mol. The third kappa shape index (κ3) is 5.39. The molecule has 36 heavy (non-hydrogen) atoms. The zero-order valence-electron chi connectivity index (χ0n) is 21.4. The number of hydrogen-bond acceptors (Lipinski definition) is 7. The van der Waals surface area contributed by atoms with E-state index in [1.807, 2.05) is 18.2 Å². The first-order valence-electron chi connectivity index (χ1n) is 13.1. The van der Waals surface area contributed by atoms with Crippen LogP contribution in [0.1, 0.15) is 12.0 Å². The number of anilines is 2. The number of fused-ring (bicyclic) bond motifs is 3. The van der Waals surface area contributed by atoms with Gasteiger partial charge in [0.15, 0.2) is 0 Å². The molecule has 1 amide bonds. The van der Waals surface area contributed by atoms with Crippen LogP contribution < -0.4 is 24.6 Å². The van der Waals surface area contributed by atoms with Crippen molar-refractivity contribution in [3.05, 3.63) is 48.0 Å². The molecule has 2 aromatic carbocycles. The average Bonchev–Trinajstić information content (AvgIpc) is 2.94. The Labute approximate surface area is 214 Å². The highest BCUT2D eigenvalue weighted by molar-refractivity contribution is 5.82. The topological polar surface area (TPSA) is 66.5 Å². The lowest BCUT2D eigenvalue weighted by Gasteiger charge is -2.49. The van der Waals surface area contributed by atoms with Gasteiger partial charge in [0.1, 0.15) is 11.5 Å². The Balaban J connectivity index is 1.30. The number of carbonyl (C=O) groups is 1. The summed E-state index contributed by atoms with van der Waals surface area (Å²) in [7, 11) is 3.39. The lowest BCUT2D eigenvalue weighted by atomic mass is 9.83. The van der Waals surface area contributed by atoms with Crippen molar-refractivity contribution >= 4 is 17.3 Å². The SMILES string of the molecule is COc1ccc(N2CCN3c4cc(OC)ccc4CC(C(=O)NCCCN4CCOCC4)C3C2)cc1. The van der Waals surface area contributed by atoms with Gasteiger partial charge in [-0.1, -0.05) is 6.07 Å². The number of carbonyl (C=O) groups excluding carboxylic acids is 1. The zero-order valence-corrected chi connectivity index (χ0v) is 21.4. The fraction of sp³-hybridized carbons (Fsp3) is 0.536. The summed E-state index contributed by atoms with van der Waals surface area (Å²) in [5.74, 6) is 1.77. The van der Waals surface area contributed by atoms with E-state index < -0.39 is 0 Å². The molecule has 2 saturated heterocycles. The number of benzene rings is 2. The van der Waals surface area contributed by atoms with E-state index in [1.54, 1.807) is 14.2 Å². The fourth-order valence-corrected chi connectivity index (χ4v) is 5.70. The zero-order chi connectivity index (χ0) is 24.9. The third-order valence-electron chi connectivity index (χ3n) is 7.75. The van der Waals surface area contributed by atoms with Gasteiger partial charge in [-0.25, -0.2) is 0 Å². The molecule has 3 heterocycles. The summed E-state index contributed by atoms with van der Waals surface area (Å²) in [6, 6.07) is 14.6. The summed E-state index contributed by atoms with van der Waals surface area (Å²) in [5.41, 5.74) is 3.58. The van der Waals surface area contributed by atoms with E-state index in [0.717, 1.165) is 82.5 Å². The van der Waals surface area contributed by atoms with Crippen LogP contribution in [-0.4, -0.2) is 90.1 Å². The molecule has 5 rings (SSSR count). The van der Waals surface area contributed by atoms with Gasteiger partial charge in [-0.15, -0.1) is 0 Å². The molecule has 3 aliphatic rings. The Hall–Kier alpha value is -2.97. The molecule has 3 aliphatic heterocycles. The quantitative estimate of drug-likeness (QED) is 0.566. The van der Waals surface area contributed by atoms with Gasteiger partial charge in [0.2, 0.25) is 5.91 Å². The molecule has 2 atom stereocenters. The largest absolute Gasteiger partial charge is 0.497 e. The maximum Gasteiger partial charge on any atom is 0.225 e. The van der Waals surface area contributed by atoms with Gasteiger partial charge >= 0.3 is 0 Å². The van der Waals surface area contributed by atoms with Gasteiger partial charge in [0, 0.05) is 56.7 Å². The summed E-state index contributed by atoms with van der Waals surface area (Å²) in [6.07, 6.45) is 1.70. The van der Waals surface area contributed by atoms with Crippen LogP contribution in [-0.2, 0) is 16.0 Å². The Morgan fingerprint density at radius 3 is 2.50 bits per heavy atom. The molecular weight excluding hydrogens is 456 g/mol. The Morgan fingerprint density at radius 1 is 1.00 bits per heavy atom. The lowest BCUT2D eigenvalue weighted by Crippen LogP contribution is -2.61. The highest BCUT2D eigenvalue weighted by atomic mass is 16.5. The first-order chi connectivity index (χ1) is 17.7. The monoisotopic (exact) mass is 494 g/mol. The minimum absolute atomic E-state index is 0.0969. The highest BCUT2D eigenvalue weighted by Gasteiger charge is 2.41. The molecular formula is C28H38N4O4. The van der Waals surface area contributed by atoms with Crippen LogP contribution in [0.4, 0.5) is 11.4 Å². The maximum atomic E-state index is 13.5. The second-order valence-electron chi connectivity index (χ2n) is 9.81. The highest BCUT2D eigenvalue weighted by Crippen LogP contribution is 2.39. The van der Waals surface area contributed by atoms with Crippen LogP contribution in [0.5, 0.6) is 11.5 Å². The van der Waals surface area contributed by atoms with Crippen LogP contribution in [0.3, 0.4) is 0 Å². The van der Waals surface area contributed by atoms with Gasteiger partial charge in [0.25, 0.3) is 0 Å². The summed E-state index contributed by atoms with van der Waals surface area (Å²) in [6.45, 7) is 7.83. The summed E-state index contributed by atoms with van der Waals surface area (Å²) < 4.78 is 16.3. The van der Waals surface area contributed by atoms with Crippen molar-refractivity contribution in [1.82, 2.24) is 10.2 Å². The molecule has 1 N–H and O–H groups in total. The van der Waals surface area contributed by atoms with Gasteiger partial charge in [-0.2, -0.15) is 0 Å². The Kier molecular flexibility index (Phi) is 7.82. The molecule has 2 aromatic rings. The summed E-state index contributed by atoms with van der Waals surface area (Å²) in [5, 5.41) is 3.26. The molecule has 194 valence electrons. The lowest BCUT2D eigenvalue weighted by molar-refractivity contribution is -0.125. The van der Waals surface area contributed by atoms with Crippen molar-refractivity contribution in [3.8, 4) is 11.5 Å². The van der Waals surface area contributed by atoms with Crippen LogP contribution in [0.15, 0.2) is 42.5 Å². The van der Waals surface area contributed by atoms with Crippen molar-refractivity contribution < 1.29 is 19.0 Å². The normalized spacial score (nSPS) is 21.9. The van der Waals surface area contributed by atoms with Crippen molar-refractivity contribution in [2.24, 2.45) is 5.92 Å². The summed E-state index contributed by atoms with van der Waals surface area (Å²) in [4.78, 5) is 20.8. The number of rotatable bonds is 8. The molecule has 0 saturated carbocycles. The van der Waals surface area contributed by atoms with E-state index in [4.69, 9.17) is 14.2 Å². The number of nitrogens with one attached hydrogen (secondary N) is 1. The smallest absolute Gasteiger partial charge is 0.225 e. The molecule has 0 aliphatic carbocycles. The number of amides is 1. The first kappa shape index (κ1) is 24.7. The molecule has 8 nitrogen and oxygen atoms in total. The van der Waals surface area contributed by atoms with Crippen LogP contribution in [0.2, 0.25) is 0 Å². The van der Waals surface area contributed by atoms with Crippen LogP contribution in [0.25, 0.3) is 0 Å². The van der Waals surface area contributed by atoms with E-state index in [-0.39, 0.29) is 17.9 Å². The second kappa shape index (κ2) is 11.4. The predicted octanol–water partition coefficient (Wildman–Crippen LogP) is 2.41. The van der Waals surface area contributed by atoms with Gasteiger partial charge in [0.05, 0.1) is 39.4 Å². The van der Waals surface area contributed by atoms with Gasteiger partial charge in [-0.3, -0.25) is 9.69 Å².